The van der Waals surface area contributed by atoms with Crippen molar-refractivity contribution >= 4 is 10.2 Å². The fraction of sp³-hybridized carbons (Fsp3) is 1.00. The Morgan fingerprint density at radius 1 is 1.36 bits per heavy atom. The van der Waals surface area contributed by atoms with E-state index in [0.717, 1.165) is 12.8 Å². The lowest BCUT2D eigenvalue weighted by molar-refractivity contribution is 0.249. The van der Waals surface area contributed by atoms with Crippen molar-refractivity contribution in [3.8, 4) is 0 Å². The van der Waals surface area contributed by atoms with Crippen molar-refractivity contribution in [2.75, 3.05) is 19.7 Å². The second-order valence-electron chi connectivity index (χ2n) is 3.80. The average molecular weight is 222 g/mol. The maximum atomic E-state index is 11.2. The quantitative estimate of drug-likeness (QED) is 0.548. The van der Waals surface area contributed by atoms with E-state index in [9.17, 15) is 8.42 Å². The summed E-state index contributed by atoms with van der Waals surface area (Å²) in [4.78, 5) is 0. The monoisotopic (exact) mass is 222 g/mol. The Hall–Kier alpha value is -0.170. The van der Waals surface area contributed by atoms with E-state index in [4.69, 9.17) is 5.11 Å². The van der Waals surface area contributed by atoms with Crippen LogP contribution in [0, 0.1) is 5.41 Å². The first-order valence-corrected chi connectivity index (χ1v) is 6.37. The van der Waals surface area contributed by atoms with Gasteiger partial charge in [-0.3, -0.25) is 0 Å². The third-order valence-corrected chi connectivity index (χ3v) is 3.76. The molecule has 84 valence electrons. The van der Waals surface area contributed by atoms with Gasteiger partial charge in [-0.25, -0.2) is 9.44 Å². The van der Waals surface area contributed by atoms with Gasteiger partial charge in [-0.2, -0.15) is 8.42 Å². The number of aliphatic hydroxyl groups excluding tert-OH is 1. The molecule has 0 atom stereocenters. The van der Waals surface area contributed by atoms with Crippen LogP contribution in [0.3, 0.4) is 0 Å². The molecule has 0 aromatic carbocycles. The van der Waals surface area contributed by atoms with Crippen molar-refractivity contribution in [3.63, 3.8) is 0 Å². The maximum Gasteiger partial charge on any atom is 0.276 e. The molecule has 1 saturated carbocycles. The summed E-state index contributed by atoms with van der Waals surface area (Å²) in [6, 6.07) is 0. The molecule has 0 saturated heterocycles. The van der Waals surface area contributed by atoms with E-state index in [1.807, 2.05) is 0 Å². The zero-order valence-electron chi connectivity index (χ0n) is 8.41. The fourth-order valence-electron chi connectivity index (χ4n) is 1.42. The van der Waals surface area contributed by atoms with Gasteiger partial charge in [-0.15, -0.1) is 0 Å². The molecule has 0 heterocycles. The normalized spacial score (nSPS) is 19.6. The molecule has 1 aliphatic carbocycles. The molecule has 0 aromatic rings. The topological polar surface area (TPSA) is 78.4 Å². The summed E-state index contributed by atoms with van der Waals surface area (Å²) in [5.74, 6) is 0. The predicted octanol–water partition coefficient (Wildman–Crippen LogP) is -0.407. The third kappa shape index (κ3) is 3.53. The van der Waals surface area contributed by atoms with Crippen molar-refractivity contribution in [2.24, 2.45) is 5.41 Å². The highest BCUT2D eigenvalue weighted by atomic mass is 32.2. The van der Waals surface area contributed by atoms with E-state index in [-0.39, 0.29) is 12.0 Å². The predicted molar refractivity (Wildman–Crippen MR) is 54.0 cm³/mol. The Kier molecular flexibility index (Phi) is 3.88. The Balaban J connectivity index is 2.33. The summed E-state index contributed by atoms with van der Waals surface area (Å²) in [5, 5.41) is 8.78. The standard InChI is InChI=1S/C8H18N2O3S/c1-2-9-14(12,13)10-7-8(3-4-8)5-6-11/h9-11H,2-7H2,1H3. The molecular formula is C8H18N2O3S. The van der Waals surface area contributed by atoms with Crippen LogP contribution in [0.2, 0.25) is 0 Å². The summed E-state index contributed by atoms with van der Waals surface area (Å²) in [6.07, 6.45) is 2.69. The largest absolute Gasteiger partial charge is 0.396 e. The SMILES string of the molecule is CCNS(=O)(=O)NCC1(CCO)CC1. The van der Waals surface area contributed by atoms with Crippen LogP contribution in [-0.4, -0.2) is 33.2 Å². The first-order chi connectivity index (χ1) is 6.54. The zero-order valence-corrected chi connectivity index (χ0v) is 9.23. The van der Waals surface area contributed by atoms with E-state index in [2.05, 4.69) is 9.44 Å². The lowest BCUT2D eigenvalue weighted by Crippen LogP contribution is -2.39. The minimum Gasteiger partial charge on any atom is -0.396 e. The van der Waals surface area contributed by atoms with Gasteiger partial charge < -0.3 is 5.11 Å². The summed E-state index contributed by atoms with van der Waals surface area (Å²) in [6.45, 7) is 2.69. The maximum absolute atomic E-state index is 11.2. The van der Waals surface area contributed by atoms with Crippen LogP contribution >= 0.6 is 0 Å². The highest BCUT2D eigenvalue weighted by molar-refractivity contribution is 7.87. The molecular weight excluding hydrogens is 204 g/mol. The van der Waals surface area contributed by atoms with Crippen molar-refractivity contribution in [3.05, 3.63) is 0 Å². The van der Waals surface area contributed by atoms with Crippen molar-refractivity contribution in [2.45, 2.75) is 26.2 Å². The van der Waals surface area contributed by atoms with Crippen molar-refractivity contribution in [1.29, 1.82) is 0 Å². The van der Waals surface area contributed by atoms with Crippen LogP contribution in [-0.2, 0) is 10.2 Å². The molecule has 0 unspecified atom stereocenters. The number of aliphatic hydroxyl groups is 1. The first-order valence-electron chi connectivity index (χ1n) is 4.89. The number of hydrogen-bond acceptors (Lipinski definition) is 3. The lowest BCUT2D eigenvalue weighted by atomic mass is 10.0. The Morgan fingerprint density at radius 3 is 2.43 bits per heavy atom. The Bertz CT molecular complexity index is 272. The molecule has 14 heavy (non-hydrogen) atoms. The van der Waals surface area contributed by atoms with Gasteiger partial charge in [0.2, 0.25) is 0 Å². The van der Waals surface area contributed by atoms with E-state index in [1.165, 1.54) is 0 Å². The van der Waals surface area contributed by atoms with Crippen LogP contribution in [0.4, 0.5) is 0 Å². The molecule has 0 aromatic heterocycles. The van der Waals surface area contributed by atoms with E-state index < -0.39 is 10.2 Å². The van der Waals surface area contributed by atoms with Gasteiger partial charge in [0.05, 0.1) is 0 Å². The number of hydrogen-bond donors (Lipinski definition) is 3. The molecule has 0 spiro atoms. The summed E-state index contributed by atoms with van der Waals surface area (Å²) >= 11 is 0. The Labute approximate surface area is 85.1 Å². The van der Waals surface area contributed by atoms with Gasteiger partial charge in [0, 0.05) is 19.7 Å². The molecule has 3 N–H and O–H groups in total. The second kappa shape index (κ2) is 4.57. The first kappa shape index (κ1) is 11.9. The molecule has 0 bridgehead atoms. The van der Waals surface area contributed by atoms with Crippen LogP contribution < -0.4 is 9.44 Å². The Morgan fingerprint density at radius 2 is 2.00 bits per heavy atom. The summed E-state index contributed by atoms with van der Waals surface area (Å²) in [7, 11) is -3.32. The highest BCUT2D eigenvalue weighted by Crippen LogP contribution is 2.47. The highest BCUT2D eigenvalue weighted by Gasteiger charge is 2.42. The summed E-state index contributed by atoms with van der Waals surface area (Å²) < 4.78 is 27.3. The molecule has 0 aliphatic heterocycles. The molecule has 0 amide bonds. The van der Waals surface area contributed by atoms with Crippen LogP contribution in [0.25, 0.3) is 0 Å². The molecule has 5 nitrogen and oxygen atoms in total. The molecule has 6 heteroatoms. The van der Waals surface area contributed by atoms with Crippen LogP contribution in [0.5, 0.6) is 0 Å². The van der Waals surface area contributed by atoms with Crippen LogP contribution in [0.15, 0.2) is 0 Å². The molecule has 1 rings (SSSR count). The summed E-state index contributed by atoms with van der Waals surface area (Å²) in [5.41, 5.74) is 0.0250. The van der Waals surface area contributed by atoms with Crippen molar-refractivity contribution < 1.29 is 13.5 Å². The number of rotatable bonds is 7. The van der Waals surface area contributed by atoms with Gasteiger partial charge in [0.1, 0.15) is 0 Å². The average Bonchev–Trinajstić information content (AvgIpc) is 2.83. The fourth-order valence-corrected chi connectivity index (χ4v) is 2.40. The van der Waals surface area contributed by atoms with E-state index in [0.29, 0.717) is 19.5 Å². The number of nitrogens with one attached hydrogen (secondary N) is 2. The van der Waals surface area contributed by atoms with Crippen molar-refractivity contribution in [1.82, 2.24) is 9.44 Å². The van der Waals surface area contributed by atoms with Crippen LogP contribution in [0.1, 0.15) is 26.2 Å². The van der Waals surface area contributed by atoms with Gasteiger partial charge in [-0.1, -0.05) is 6.92 Å². The third-order valence-electron chi connectivity index (χ3n) is 2.57. The van der Waals surface area contributed by atoms with Gasteiger partial charge in [0.25, 0.3) is 10.2 Å². The van der Waals surface area contributed by atoms with Gasteiger partial charge in [0.15, 0.2) is 0 Å². The molecule has 1 aliphatic rings. The lowest BCUT2D eigenvalue weighted by Gasteiger charge is -2.14. The minimum absolute atomic E-state index is 0.0250. The smallest absolute Gasteiger partial charge is 0.276 e. The minimum atomic E-state index is -3.32. The molecule has 0 radical (unpaired) electrons. The van der Waals surface area contributed by atoms with E-state index in [1.54, 1.807) is 6.92 Å². The van der Waals surface area contributed by atoms with Gasteiger partial charge >= 0.3 is 0 Å². The van der Waals surface area contributed by atoms with Gasteiger partial charge in [-0.05, 0) is 24.7 Å². The molecule has 1 fully saturated rings. The zero-order chi connectivity index (χ0) is 10.7. The second-order valence-corrected chi connectivity index (χ2v) is 5.38. The van der Waals surface area contributed by atoms with E-state index >= 15 is 0 Å².